The van der Waals surface area contributed by atoms with Gasteiger partial charge in [0.25, 0.3) is 16.0 Å². The Hall–Kier alpha value is -1.49. The van der Waals surface area contributed by atoms with Crippen LogP contribution in [0.15, 0.2) is 9.63 Å². The Balaban J connectivity index is 2.38. The van der Waals surface area contributed by atoms with Crippen LogP contribution in [0.5, 0.6) is 0 Å². The maximum Gasteiger partial charge on any atom is 0.284 e. The van der Waals surface area contributed by atoms with Crippen LogP contribution < -0.4 is 4.72 Å². The van der Waals surface area contributed by atoms with Crippen LogP contribution in [0.1, 0.15) is 5.82 Å². The summed E-state index contributed by atoms with van der Waals surface area (Å²) in [6, 6.07) is 0. The Kier molecular flexibility index (Phi) is 2.87. The number of rotatable bonds is 3. The number of aromatic amines is 1. The van der Waals surface area contributed by atoms with Crippen LogP contribution in [0.2, 0.25) is 0 Å². The highest BCUT2D eigenvalue weighted by atomic mass is 79.9. The number of H-pyrrole nitrogens is 1. The van der Waals surface area contributed by atoms with Crippen molar-refractivity contribution in [2.24, 2.45) is 7.05 Å². The Morgan fingerprint density at radius 2 is 2.18 bits per heavy atom. The molecule has 9 nitrogen and oxygen atoms in total. The van der Waals surface area contributed by atoms with Gasteiger partial charge in [-0.15, -0.1) is 10.2 Å². The van der Waals surface area contributed by atoms with Crippen molar-refractivity contribution in [1.29, 1.82) is 0 Å². The molecule has 0 aliphatic carbocycles. The van der Waals surface area contributed by atoms with Gasteiger partial charge in [-0.1, -0.05) is 5.21 Å². The second-order valence-corrected chi connectivity index (χ2v) is 5.51. The lowest BCUT2D eigenvalue weighted by molar-refractivity contribution is 0.578. The second-order valence-electron chi connectivity index (χ2n) is 3.16. The number of nitrogens with one attached hydrogen (secondary N) is 2. The molecule has 17 heavy (non-hydrogen) atoms. The van der Waals surface area contributed by atoms with Crippen molar-refractivity contribution in [2.75, 3.05) is 4.72 Å². The van der Waals surface area contributed by atoms with Crippen LogP contribution in [0.4, 0.5) is 5.95 Å². The molecule has 0 atom stereocenters. The second kappa shape index (κ2) is 4.07. The van der Waals surface area contributed by atoms with E-state index < -0.39 is 10.0 Å². The van der Waals surface area contributed by atoms with Crippen LogP contribution in [-0.2, 0) is 17.1 Å². The third-order valence-corrected chi connectivity index (χ3v) is 4.03. The molecule has 0 spiro atoms. The number of sulfonamides is 1. The third kappa shape index (κ3) is 2.29. The van der Waals surface area contributed by atoms with Gasteiger partial charge in [0.15, 0.2) is 4.60 Å². The molecule has 92 valence electrons. The maximum absolute atomic E-state index is 12.0. The Morgan fingerprint density at radius 3 is 2.65 bits per heavy atom. The maximum atomic E-state index is 12.0. The van der Waals surface area contributed by atoms with E-state index in [9.17, 15) is 8.42 Å². The molecule has 0 fully saturated rings. The average Bonchev–Trinajstić information content (AvgIpc) is 2.73. The Labute approximate surface area is 105 Å². The van der Waals surface area contributed by atoms with E-state index in [1.165, 1.54) is 7.05 Å². The highest BCUT2D eigenvalue weighted by Crippen LogP contribution is 2.19. The van der Waals surface area contributed by atoms with Gasteiger partial charge < -0.3 is 0 Å². The van der Waals surface area contributed by atoms with E-state index in [-0.39, 0.29) is 15.6 Å². The summed E-state index contributed by atoms with van der Waals surface area (Å²) in [5.74, 6) is 0.473. The van der Waals surface area contributed by atoms with Gasteiger partial charge in [-0.3, -0.25) is 5.10 Å². The number of hydrogen-bond donors (Lipinski definition) is 2. The van der Waals surface area contributed by atoms with Crippen LogP contribution in [0.3, 0.4) is 0 Å². The van der Waals surface area contributed by atoms with Gasteiger partial charge in [0.1, 0.15) is 5.82 Å². The van der Waals surface area contributed by atoms with E-state index in [0.717, 1.165) is 4.68 Å². The van der Waals surface area contributed by atoms with E-state index in [4.69, 9.17) is 0 Å². The number of nitrogens with zero attached hydrogens (tertiary/aromatic N) is 5. The number of hydrogen-bond acceptors (Lipinski definition) is 6. The highest BCUT2D eigenvalue weighted by Gasteiger charge is 2.25. The van der Waals surface area contributed by atoms with Gasteiger partial charge in [-0.2, -0.15) is 13.4 Å². The van der Waals surface area contributed by atoms with Gasteiger partial charge in [-0.05, 0) is 22.9 Å². The van der Waals surface area contributed by atoms with Gasteiger partial charge in [-0.25, -0.2) is 9.40 Å². The van der Waals surface area contributed by atoms with Gasteiger partial charge in [0.05, 0.1) is 0 Å². The molecule has 2 heterocycles. The SMILES string of the molecule is Cc1nc(NS(=O)(=O)c2c(Br)nnn2C)n[nH]1. The minimum absolute atomic E-state index is 0.0319. The highest BCUT2D eigenvalue weighted by molar-refractivity contribution is 9.10. The lowest BCUT2D eigenvalue weighted by Crippen LogP contribution is -2.18. The average molecular weight is 322 g/mol. The summed E-state index contributed by atoms with van der Waals surface area (Å²) in [7, 11) is -2.35. The van der Waals surface area contributed by atoms with Crippen LogP contribution in [0.25, 0.3) is 0 Å². The van der Waals surface area contributed by atoms with E-state index in [1.54, 1.807) is 6.92 Å². The summed E-state index contributed by atoms with van der Waals surface area (Å²) in [5, 5.41) is 13.3. The van der Waals surface area contributed by atoms with Crippen molar-refractivity contribution in [3.05, 3.63) is 10.4 Å². The van der Waals surface area contributed by atoms with Crippen molar-refractivity contribution in [3.63, 3.8) is 0 Å². The predicted octanol–water partition coefficient (Wildman–Crippen LogP) is -0.195. The fourth-order valence-electron chi connectivity index (χ4n) is 1.16. The molecule has 11 heteroatoms. The quantitative estimate of drug-likeness (QED) is 0.808. The van der Waals surface area contributed by atoms with E-state index in [2.05, 4.69) is 46.1 Å². The summed E-state index contributed by atoms with van der Waals surface area (Å²) in [6.45, 7) is 1.66. The Morgan fingerprint density at radius 1 is 1.47 bits per heavy atom. The summed E-state index contributed by atoms with van der Waals surface area (Å²) < 4.78 is 27.4. The molecule has 0 unspecified atom stereocenters. The molecule has 0 amide bonds. The summed E-state index contributed by atoms with van der Waals surface area (Å²) in [4.78, 5) is 3.84. The van der Waals surface area contributed by atoms with Gasteiger partial charge in [0.2, 0.25) is 5.03 Å². The zero-order valence-electron chi connectivity index (χ0n) is 8.84. The van der Waals surface area contributed by atoms with E-state index in [0.29, 0.717) is 5.82 Å². The molecule has 2 rings (SSSR count). The lowest BCUT2D eigenvalue weighted by atomic mass is 10.8. The summed E-state index contributed by atoms with van der Waals surface area (Å²) >= 11 is 3.01. The molecule has 0 aromatic carbocycles. The first kappa shape index (κ1) is 12.0. The normalized spacial score (nSPS) is 11.7. The Bertz CT molecular complexity index is 626. The van der Waals surface area contributed by atoms with Crippen molar-refractivity contribution in [3.8, 4) is 0 Å². The summed E-state index contributed by atoms with van der Waals surface area (Å²) in [5.41, 5.74) is 0. The summed E-state index contributed by atoms with van der Waals surface area (Å²) in [6.07, 6.45) is 0. The van der Waals surface area contributed by atoms with Crippen LogP contribution in [0, 0.1) is 6.92 Å². The first-order valence-electron chi connectivity index (χ1n) is 4.37. The van der Waals surface area contributed by atoms with Crippen molar-refractivity contribution >= 4 is 31.9 Å². The molecule has 0 saturated heterocycles. The minimum Gasteiger partial charge on any atom is -0.261 e. The van der Waals surface area contributed by atoms with Crippen molar-refractivity contribution in [2.45, 2.75) is 11.9 Å². The lowest BCUT2D eigenvalue weighted by Gasteiger charge is -2.03. The molecule has 0 radical (unpaired) electrons. The zero-order valence-corrected chi connectivity index (χ0v) is 11.2. The molecule has 0 saturated carbocycles. The first-order chi connectivity index (χ1) is 7.90. The van der Waals surface area contributed by atoms with Crippen LogP contribution in [-0.4, -0.2) is 38.6 Å². The number of halogens is 1. The standard InChI is InChI=1S/C6H8BrN7O2S/c1-3-8-6(11-9-3)12-17(15,16)5-4(7)10-13-14(5)2/h1-2H3,(H2,8,9,11,12). The fraction of sp³-hybridized carbons (Fsp3) is 0.333. The number of aryl methyl sites for hydroxylation is 2. The minimum atomic E-state index is -3.82. The molecule has 2 aromatic heterocycles. The predicted molar refractivity (Wildman–Crippen MR) is 60.6 cm³/mol. The molecule has 0 aliphatic heterocycles. The monoisotopic (exact) mass is 321 g/mol. The van der Waals surface area contributed by atoms with Gasteiger partial charge >= 0.3 is 0 Å². The smallest absolute Gasteiger partial charge is 0.261 e. The fourth-order valence-corrected chi connectivity index (χ4v) is 3.21. The molecule has 0 aliphatic rings. The largest absolute Gasteiger partial charge is 0.284 e. The molecule has 2 N–H and O–H groups in total. The van der Waals surface area contributed by atoms with Crippen molar-refractivity contribution < 1.29 is 8.42 Å². The number of aromatic nitrogens is 6. The third-order valence-electron chi connectivity index (χ3n) is 1.81. The van der Waals surface area contributed by atoms with Crippen LogP contribution >= 0.6 is 15.9 Å². The van der Waals surface area contributed by atoms with Crippen molar-refractivity contribution in [1.82, 2.24) is 30.2 Å². The zero-order chi connectivity index (χ0) is 12.6. The molecular formula is C6H8BrN7O2S. The first-order valence-corrected chi connectivity index (χ1v) is 6.65. The molecular weight excluding hydrogens is 314 g/mol. The number of anilines is 1. The van der Waals surface area contributed by atoms with E-state index in [1.807, 2.05) is 0 Å². The molecule has 0 bridgehead atoms. The van der Waals surface area contributed by atoms with Gasteiger partial charge in [0, 0.05) is 7.05 Å². The molecule has 2 aromatic rings. The van der Waals surface area contributed by atoms with E-state index >= 15 is 0 Å². The topological polar surface area (TPSA) is 118 Å².